The first-order valence-corrected chi connectivity index (χ1v) is 6.72. The van der Waals surface area contributed by atoms with Crippen LogP contribution in [-0.2, 0) is 6.42 Å². The summed E-state index contributed by atoms with van der Waals surface area (Å²) in [6.07, 6.45) is 3.25. The van der Waals surface area contributed by atoms with Gasteiger partial charge in [0.2, 0.25) is 0 Å². The van der Waals surface area contributed by atoms with E-state index in [1.807, 2.05) is 6.92 Å². The second kappa shape index (κ2) is 5.10. The molecule has 100 valence electrons. The molecule has 0 atom stereocenters. The van der Waals surface area contributed by atoms with E-state index in [9.17, 15) is 4.79 Å². The van der Waals surface area contributed by atoms with Gasteiger partial charge in [-0.1, -0.05) is 41.4 Å². The molecule has 0 bridgehead atoms. The molecule has 0 amide bonds. The number of nitrogens with zero attached hydrogens (tertiary/aromatic N) is 2. The average Bonchev–Trinajstić information content (AvgIpc) is 2.77. The van der Waals surface area contributed by atoms with Crippen molar-refractivity contribution in [1.29, 1.82) is 0 Å². The van der Waals surface area contributed by atoms with Crippen LogP contribution in [0.1, 0.15) is 27.3 Å². The molecular weight excluding hydrogens is 272 g/mol. The van der Waals surface area contributed by atoms with Gasteiger partial charge in [0.15, 0.2) is 6.29 Å². The normalized spacial score (nSPS) is 10.9. The minimum Gasteiger partial charge on any atom is -0.297 e. The summed E-state index contributed by atoms with van der Waals surface area (Å²) in [4.78, 5) is 15.8. The number of fused-ring (bicyclic) bond motifs is 1. The SMILES string of the molecule is Cc1ccc(Cc2nc3cc(Cl)ccn3c2C=O)cc1. The first-order chi connectivity index (χ1) is 9.67. The maximum Gasteiger partial charge on any atom is 0.168 e. The number of halogens is 1. The van der Waals surface area contributed by atoms with Crippen LogP contribution in [0, 0.1) is 6.92 Å². The number of aromatic nitrogens is 2. The van der Waals surface area contributed by atoms with Crippen molar-refractivity contribution in [2.45, 2.75) is 13.3 Å². The summed E-state index contributed by atoms with van der Waals surface area (Å²) in [5, 5.41) is 0.613. The molecular formula is C16H13ClN2O. The zero-order valence-corrected chi connectivity index (χ0v) is 11.8. The first-order valence-electron chi connectivity index (χ1n) is 6.34. The Morgan fingerprint density at radius 2 is 2.00 bits per heavy atom. The summed E-state index contributed by atoms with van der Waals surface area (Å²) < 4.78 is 1.77. The maximum atomic E-state index is 11.3. The molecule has 2 aromatic heterocycles. The van der Waals surface area contributed by atoms with Crippen LogP contribution >= 0.6 is 11.6 Å². The average molecular weight is 285 g/mol. The number of aldehydes is 1. The standard InChI is InChI=1S/C16H13ClN2O/c1-11-2-4-12(5-3-11)8-14-15(10-20)19-7-6-13(17)9-16(19)18-14/h2-7,9-10H,8H2,1H3. The lowest BCUT2D eigenvalue weighted by Gasteiger charge is -2.00. The minimum atomic E-state index is 0.581. The molecule has 4 heteroatoms. The Balaban J connectivity index is 2.06. The van der Waals surface area contributed by atoms with Crippen LogP contribution in [-0.4, -0.2) is 15.7 Å². The third-order valence-corrected chi connectivity index (χ3v) is 3.54. The van der Waals surface area contributed by atoms with Crippen molar-refractivity contribution in [2.75, 3.05) is 0 Å². The third kappa shape index (κ3) is 2.32. The molecule has 0 unspecified atom stereocenters. The Kier molecular flexibility index (Phi) is 3.28. The molecule has 0 spiro atoms. The smallest absolute Gasteiger partial charge is 0.168 e. The van der Waals surface area contributed by atoms with Gasteiger partial charge in [-0.05, 0) is 18.6 Å². The van der Waals surface area contributed by atoms with Gasteiger partial charge >= 0.3 is 0 Å². The number of carbonyl (C=O) groups excluding carboxylic acids is 1. The number of hydrogen-bond donors (Lipinski definition) is 0. The first kappa shape index (κ1) is 12.9. The van der Waals surface area contributed by atoms with E-state index in [0.717, 1.165) is 17.5 Å². The Labute approximate surface area is 121 Å². The van der Waals surface area contributed by atoms with E-state index in [0.29, 0.717) is 22.8 Å². The molecule has 2 heterocycles. The summed E-state index contributed by atoms with van der Waals surface area (Å²) in [6, 6.07) is 11.7. The molecule has 3 rings (SSSR count). The molecule has 20 heavy (non-hydrogen) atoms. The van der Waals surface area contributed by atoms with Gasteiger partial charge in [0.05, 0.1) is 5.69 Å². The van der Waals surface area contributed by atoms with E-state index in [1.54, 1.807) is 22.7 Å². The molecule has 0 radical (unpaired) electrons. The molecule has 0 aliphatic carbocycles. The van der Waals surface area contributed by atoms with Gasteiger partial charge in [-0.25, -0.2) is 4.98 Å². The van der Waals surface area contributed by atoms with Gasteiger partial charge in [-0.15, -0.1) is 0 Å². The Hall–Kier alpha value is -2.13. The lowest BCUT2D eigenvalue weighted by atomic mass is 10.1. The molecule has 0 N–H and O–H groups in total. The summed E-state index contributed by atoms with van der Waals surface area (Å²) in [6.45, 7) is 2.05. The van der Waals surface area contributed by atoms with Gasteiger partial charge in [0.1, 0.15) is 11.3 Å². The van der Waals surface area contributed by atoms with Gasteiger partial charge in [0.25, 0.3) is 0 Å². The summed E-state index contributed by atoms with van der Waals surface area (Å²) in [5.41, 5.74) is 4.39. The number of rotatable bonds is 3. The van der Waals surface area contributed by atoms with Gasteiger partial charge in [-0.3, -0.25) is 9.20 Å². The van der Waals surface area contributed by atoms with Crippen molar-refractivity contribution >= 4 is 23.5 Å². The van der Waals surface area contributed by atoms with Crippen LogP contribution in [0.15, 0.2) is 42.6 Å². The van der Waals surface area contributed by atoms with Crippen molar-refractivity contribution in [3.63, 3.8) is 0 Å². The van der Waals surface area contributed by atoms with Crippen molar-refractivity contribution in [3.8, 4) is 0 Å². The number of benzene rings is 1. The van der Waals surface area contributed by atoms with E-state index in [4.69, 9.17) is 11.6 Å². The lowest BCUT2D eigenvalue weighted by molar-refractivity contribution is 0.111. The van der Waals surface area contributed by atoms with E-state index in [-0.39, 0.29) is 0 Å². The van der Waals surface area contributed by atoms with Crippen LogP contribution in [0.25, 0.3) is 5.65 Å². The highest BCUT2D eigenvalue weighted by atomic mass is 35.5. The topological polar surface area (TPSA) is 34.4 Å². The zero-order valence-electron chi connectivity index (χ0n) is 11.0. The fourth-order valence-corrected chi connectivity index (χ4v) is 2.40. The molecule has 0 fully saturated rings. The van der Waals surface area contributed by atoms with E-state index in [1.165, 1.54) is 5.56 Å². The van der Waals surface area contributed by atoms with Crippen LogP contribution in [0.4, 0.5) is 0 Å². The quantitative estimate of drug-likeness (QED) is 0.687. The molecule has 0 aliphatic rings. The molecule has 3 nitrogen and oxygen atoms in total. The second-order valence-electron chi connectivity index (χ2n) is 4.80. The number of imidazole rings is 1. The van der Waals surface area contributed by atoms with E-state index >= 15 is 0 Å². The number of hydrogen-bond acceptors (Lipinski definition) is 2. The Morgan fingerprint density at radius 1 is 1.25 bits per heavy atom. The largest absolute Gasteiger partial charge is 0.297 e. The number of pyridine rings is 1. The van der Waals surface area contributed by atoms with Crippen molar-refractivity contribution < 1.29 is 4.79 Å². The number of carbonyl (C=O) groups is 1. The van der Waals surface area contributed by atoms with Gasteiger partial charge in [0, 0.05) is 23.7 Å². The highest BCUT2D eigenvalue weighted by Crippen LogP contribution is 2.18. The molecule has 0 saturated heterocycles. The molecule has 0 saturated carbocycles. The van der Waals surface area contributed by atoms with E-state index in [2.05, 4.69) is 29.2 Å². The molecule has 0 aliphatic heterocycles. The van der Waals surface area contributed by atoms with E-state index < -0.39 is 0 Å². The maximum absolute atomic E-state index is 11.3. The zero-order chi connectivity index (χ0) is 14.1. The van der Waals surface area contributed by atoms with Gasteiger partial charge < -0.3 is 0 Å². The number of aryl methyl sites for hydroxylation is 1. The highest BCUT2D eigenvalue weighted by Gasteiger charge is 2.12. The minimum absolute atomic E-state index is 0.581. The summed E-state index contributed by atoms with van der Waals surface area (Å²) >= 11 is 5.96. The summed E-state index contributed by atoms with van der Waals surface area (Å²) in [5.74, 6) is 0. The highest BCUT2D eigenvalue weighted by molar-refractivity contribution is 6.30. The fraction of sp³-hybridized carbons (Fsp3) is 0.125. The summed E-state index contributed by atoms with van der Waals surface area (Å²) in [7, 11) is 0. The van der Waals surface area contributed by atoms with Crippen molar-refractivity contribution in [1.82, 2.24) is 9.38 Å². The van der Waals surface area contributed by atoms with Crippen molar-refractivity contribution in [2.24, 2.45) is 0 Å². The second-order valence-corrected chi connectivity index (χ2v) is 5.23. The third-order valence-electron chi connectivity index (χ3n) is 3.31. The van der Waals surface area contributed by atoms with Crippen LogP contribution in [0.3, 0.4) is 0 Å². The fourth-order valence-electron chi connectivity index (χ4n) is 2.24. The van der Waals surface area contributed by atoms with Crippen LogP contribution in [0.2, 0.25) is 5.02 Å². The predicted octanol–water partition coefficient (Wildman–Crippen LogP) is 3.70. The molecule has 3 aromatic rings. The Bertz CT molecular complexity index is 775. The molecule has 1 aromatic carbocycles. The predicted molar refractivity (Wildman–Crippen MR) is 79.6 cm³/mol. The monoisotopic (exact) mass is 284 g/mol. The van der Waals surface area contributed by atoms with Crippen LogP contribution in [0.5, 0.6) is 0 Å². The van der Waals surface area contributed by atoms with Gasteiger partial charge in [-0.2, -0.15) is 0 Å². The lowest BCUT2D eigenvalue weighted by Crippen LogP contribution is -1.96. The van der Waals surface area contributed by atoms with Crippen LogP contribution < -0.4 is 0 Å². The Morgan fingerprint density at radius 3 is 2.70 bits per heavy atom. The van der Waals surface area contributed by atoms with Crippen molar-refractivity contribution in [3.05, 3.63) is 70.1 Å².